The molecular weight excluding hydrogens is 135 g/mol. The van der Waals surface area contributed by atoms with E-state index in [1.54, 1.807) is 7.11 Å². The first-order valence-electron chi connectivity index (χ1n) is 3.39. The summed E-state index contributed by atoms with van der Waals surface area (Å²) >= 11 is 0. The molecule has 0 aliphatic carbocycles. The second-order valence-electron chi connectivity index (χ2n) is 2.14. The van der Waals surface area contributed by atoms with E-state index in [1.807, 2.05) is 30.3 Å². The van der Waals surface area contributed by atoms with Gasteiger partial charge in [0.2, 0.25) is 0 Å². The van der Waals surface area contributed by atoms with Crippen molar-refractivity contribution < 1.29 is 4.74 Å². The monoisotopic (exact) mass is 144 g/mol. The van der Waals surface area contributed by atoms with Gasteiger partial charge in [0.1, 0.15) is 13.6 Å². The zero-order valence-corrected chi connectivity index (χ0v) is 6.45. The fourth-order valence-electron chi connectivity index (χ4n) is 0.856. The maximum Gasteiger partial charge on any atom is 0.119 e. The summed E-state index contributed by atoms with van der Waals surface area (Å²) in [5.74, 6) is 2.36. The summed E-state index contributed by atoms with van der Waals surface area (Å²) in [5.41, 5.74) is 1.05. The molecule has 0 heterocycles. The first-order chi connectivity index (χ1) is 5.36. The highest BCUT2D eigenvalue weighted by atomic mass is 16.5. The summed E-state index contributed by atoms with van der Waals surface area (Å²) in [4.78, 5) is 0. The Morgan fingerprint density at radius 2 is 2.27 bits per heavy atom. The summed E-state index contributed by atoms with van der Waals surface area (Å²) in [7, 11) is 6.87. The lowest BCUT2D eigenvalue weighted by Gasteiger charge is -1.99. The maximum atomic E-state index is 5.23. The first kappa shape index (κ1) is 7.93. The maximum absolute atomic E-state index is 5.23. The molecule has 1 aromatic rings. The van der Waals surface area contributed by atoms with Crippen LogP contribution in [0.5, 0.6) is 5.75 Å². The van der Waals surface area contributed by atoms with Gasteiger partial charge >= 0.3 is 0 Å². The van der Waals surface area contributed by atoms with Crippen LogP contribution in [-0.2, 0) is 0 Å². The van der Waals surface area contributed by atoms with E-state index in [2.05, 4.69) is 0 Å². The van der Waals surface area contributed by atoms with Crippen LogP contribution in [0.4, 0.5) is 0 Å². The molecule has 0 saturated heterocycles. The number of benzene rings is 1. The van der Waals surface area contributed by atoms with Gasteiger partial charge in [-0.25, -0.2) is 0 Å². The Hall–Kier alpha value is -1.18. The summed E-state index contributed by atoms with van der Waals surface area (Å²) in [6, 6.07) is 7.71. The van der Waals surface area contributed by atoms with Gasteiger partial charge in [-0.3, -0.25) is 0 Å². The second-order valence-corrected chi connectivity index (χ2v) is 2.14. The molecule has 0 saturated carbocycles. The number of hydrogen-bond acceptors (Lipinski definition) is 1. The highest BCUT2D eigenvalue weighted by Gasteiger charge is 1.89. The highest BCUT2D eigenvalue weighted by Crippen LogP contribution is 2.12. The third-order valence-electron chi connectivity index (χ3n) is 1.38. The van der Waals surface area contributed by atoms with Gasteiger partial charge < -0.3 is 4.74 Å². The Kier molecular flexibility index (Phi) is 2.78. The lowest BCUT2D eigenvalue weighted by molar-refractivity contribution is 0.414. The molecule has 1 rings (SSSR count). The summed E-state index contributed by atoms with van der Waals surface area (Å²) in [6.07, 6.45) is 1.82. The van der Waals surface area contributed by atoms with Gasteiger partial charge in [-0.05, 0) is 17.7 Å². The molecule has 54 valence electrons. The normalized spacial score (nSPS) is 10.3. The molecule has 0 N–H and O–H groups in total. The number of rotatable bonds is 2. The minimum Gasteiger partial charge on any atom is -0.497 e. The SMILES string of the molecule is [B]/C=C\c1cccc(OC)c1. The van der Waals surface area contributed by atoms with Crippen LogP contribution < -0.4 is 4.74 Å². The molecule has 0 atom stereocenters. The van der Waals surface area contributed by atoms with Gasteiger partial charge in [-0.15, -0.1) is 5.98 Å². The van der Waals surface area contributed by atoms with Crippen molar-refractivity contribution in [3.05, 3.63) is 35.8 Å². The predicted octanol–water partition coefficient (Wildman–Crippen LogP) is 1.83. The zero-order valence-electron chi connectivity index (χ0n) is 6.45. The van der Waals surface area contributed by atoms with E-state index in [-0.39, 0.29) is 0 Å². The first-order valence-corrected chi connectivity index (χ1v) is 3.39. The van der Waals surface area contributed by atoms with Crippen molar-refractivity contribution in [1.82, 2.24) is 0 Å². The van der Waals surface area contributed by atoms with E-state index < -0.39 is 0 Å². The Morgan fingerprint density at radius 3 is 2.91 bits per heavy atom. The molecule has 2 heteroatoms. The minimum absolute atomic E-state index is 0.848. The number of methoxy groups -OCH3 is 1. The van der Waals surface area contributed by atoms with Crippen LogP contribution in [0.1, 0.15) is 5.56 Å². The van der Waals surface area contributed by atoms with Gasteiger partial charge in [0, 0.05) is 0 Å². The van der Waals surface area contributed by atoms with Crippen molar-refractivity contribution in [2.24, 2.45) is 0 Å². The van der Waals surface area contributed by atoms with Crippen LogP contribution in [-0.4, -0.2) is 15.0 Å². The van der Waals surface area contributed by atoms with E-state index >= 15 is 0 Å². The van der Waals surface area contributed by atoms with Crippen LogP contribution in [0.15, 0.2) is 30.2 Å². The van der Waals surface area contributed by atoms with Crippen LogP contribution in [0.3, 0.4) is 0 Å². The summed E-state index contributed by atoms with van der Waals surface area (Å²) < 4.78 is 5.03. The molecule has 0 fully saturated rings. The van der Waals surface area contributed by atoms with Gasteiger partial charge in [0.25, 0.3) is 0 Å². The fraction of sp³-hybridized carbons (Fsp3) is 0.111. The summed E-state index contributed by atoms with van der Waals surface area (Å²) in [6.45, 7) is 0. The minimum atomic E-state index is 0.848. The average molecular weight is 144 g/mol. The topological polar surface area (TPSA) is 9.23 Å². The molecule has 0 aliphatic rings. The Labute approximate surface area is 68.1 Å². The Morgan fingerprint density at radius 1 is 1.45 bits per heavy atom. The standard InChI is InChI=1S/C9H9BO/c1-11-9-4-2-3-8(7-9)5-6-10/h2-7H,1H3/b6-5-. The zero-order chi connectivity index (χ0) is 8.10. The summed E-state index contributed by atoms with van der Waals surface area (Å²) in [5, 5.41) is 0. The lowest BCUT2D eigenvalue weighted by atomic mass is 10.1. The molecule has 0 aromatic heterocycles. The largest absolute Gasteiger partial charge is 0.497 e. The molecule has 1 nitrogen and oxygen atoms in total. The quantitative estimate of drug-likeness (QED) is 0.575. The molecule has 0 aliphatic heterocycles. The fourth-order valence-corrected chi connectivity index (χ4v) is 0.856. The van der Waals surface area contributed by atoms with Gasteiger partial charge in [-0.1, -0.05) is 18.2 Å². The lowest BCUT2D eigenvalue weighted by Crippen LogP contribution is -1.81. The van der Waals surface area contributed by atoms with Crippen LogP contribution >= 0.6 is 0 Å². The van der Waals surface area contributed by atoms with E-state index in [0.717, 1.165) is 11.3 Å². The van der Waals surface area contributed by atoms with E-state index in [0.29, 0.717) is 0 Å². The molecule has 11 heavy (non-hydrogen) atoms. The number of ether oxygens (including phenoxy) is 1. The molecule has 2 radical (unpaired) electrons. The van der Waals surface area contributed by atoms with Crippen molar-refractivity contribution in [3.63, 3.8) is 0 Å². The van der Waals surface area contributed by atoms with Crippen LogP contribution in [0.25, 0.3) is 6.08 Å². The second kappa shape index (κ2) is 3.86. The molecule has 0 amide bonds. The Balaban J connectivity index is 2.91. The van der Waals surface area contributed by atoms with E-state index in [1.165, 1.54) is 5.98 Å². The molecular formula is C9H9BO. The average Bonchev–Trinajstić information content (AvgIpc) is 2.06. The highest BCUT2D eigenvalue weighted by molar-refractivity contribution is 6.19. The molecule has 0 bridgehead atoms. The van der Waals surface area contributed by atoms with Crippen molar-refractivity contribution in [1.29, 1.82) is 0 Å². The van der Waals surface area contributed by atoms with Crippen molar-refractivity contribution in [2.45, 2.75) is 0 Å². The van der Waals surface area contributed by atoms with E-state index in [9.17, 15) is 0 Å². The van der Waals surface area contributed by atoms with Crippen LogP contribution in [0, 0.1) is 0 Å². The van der Waals surface area contributed by atoms with Crippen molar-refractivity contribution >= 4 is 13.9 Å². The van der Waals surface area contributed by atoms with Crippen molar-refractivity contribution in [3.8, 4) is 5.75 Å². The van der Waals surface area contributed by atoms with Crippen molar-refractivity contribution in [2.75, 3.05) is 7.11 Å². The predicted molar refractivity (Wildman–Crippen MR) is 47.8 cm³/mol. The van der Waals surface area contributed by atoms with Gasteiger partial charge in [0.05, 0.1) is 7.11 Å². The number of hydrogen-bond donors (Lipinski definition) is 0. The molecule has 0 unspecified atom stereocenters. The smallest absolute Gasteiger partial charge is 0.119 e. The third kappa shape index (κ3) is 2.15. The molecule has 1 aromatic carbocycles. The van der Waals surface area contributed by atoms with Crippen LogP contribution in [0.2, 0.25) is 0 Å². The third-order valence-corrected chi connectivity index (χ3v) is 1.38. The Bertz CT molecular complexity index is 255. The van der Waals surface area contributed by atoms with E-state index in [4.69, 9.17) is 12.6 Å². The van der Waals surface area contributed by atoms with Gasteiger partial charge in [0.15, 0.2) is 0 Å². The molecule has 0 spiro atoms. The van der Waals surface area contributed by atoms with Gasteiger partial charge in [-0.2, -0.15) is 0 Å².